The molecule has 1 fully saturated rings. The van der Waals surface area contributed by atoms with E-state index in [-0.39, 0.29) is 17.8 Å². The highest BCUT2D eigenvalue weighted by Gasteiger charge is 2.34. The Morgan fingerprint density at radius 2 is 2.29 bits per heavy atom. The summed E-state index contributed by atoms with van der Waals surface area (Å²) in [5.41, 5.74) is -0.365. The zero-order valence-electron chi connectivity index (χ0n) is 11.3. The van der Waals surface area contributed by atoms with Crippen LogP contribution in [0, 0.1) is 5.82 Å². The number of aromatic nitrogens is 3. The van der Waals surface area contributed by atoms with Gasteiger partial charge in [0.25, 0.3) is 5.91 Å². The molecule has 1 saturated carbocycles. The minimum Gasteiger partial charge on any atom is -0.388 e. The molecule has 0 saturated heterocycles. The van der Waals surface area contributed by atoms with Gasteiger partial charge in [0, 0.05) is 12.1 Å². The number of halogens is 1. The van der Waals surface area contributed by atoms with Gasteiger partial charge in [0.15, 0.2) is 0 Å². The van der Waals surface area contributed by atoms with Crippen LogP contribution in [0.5, 0.6) is 0 Å². The number of carbonyl (C=O) groups excluding carboxylic acids is 1. The van der Waals surface area contributed by atoms with E-state index in [4.69, 9.17) is 0 Å². The maximum atomic E-state index is 14.0. The molecule has 2 aromatic rings. The van der Waals surface area contributed by atoms with Gasteiger partial charge in [-0.15, -0.1) is 0 Å². The topological polar surface area (TPSA) is 80.0 Å². The number of nitrogens with one attached hydrogen (secondary N) is 1. The smallest absolute Gasteiger partial charge is 0.251 e. The van der Waals surface area contributed by atoms with Crippen LogP contribution < -0.4 is 5.32 Å². The molecule has 110 valence electrons. The Balaban J connectivity index is 1.71. The van der Waals surface area contributed by atoms with Gasteiger partial charge in [-0.2, -0.15) is 5.10 Å². The Labute approximate surface area is 120 Å². The lowest BCUT2D eigenvalue weighted by molar-refractivity contribution is -0.0300. The second-order valence-corrected chi connectivity index (χ2v) is 5.27. The van der Waals surface area contributed by atoms with Gasteiger partial charge in [0.05, 0.1) is 5.60 Å². The number of hydrogen-bond acceptors (Lipinski definition) is 4. The van der Waals surface area contributed by atoms with Gasteiger partial charge in [-0.05, 0) is 37.5 Å². The zero-order valence-corrected chi connectivity index (χ0v) is 11.3. The SMILES string of the molecule is O=C(NCC1(O)CCC1)c1ccc(-n2cncn2)c(F)c1. The quantitative estimate of drug-likeness (QED) is 0.882. The van der Waals surface area contributed by atoms with Gasteiger partial charge in [0.1, 0.15) is 24.2 Å². The average molecular weight is 290 g/mol. The van der Waals surface area contributed by atoms with Crippen molar-refractivity contribution in [3.63, 3.8) is 0 Å². The Morgan fingerprint density at radius 3 is 2.86 bits per heavy atom. The van der Waals surface area contributed by atoms with Crippen LogP contribution in [0.25, 0.3) is 5.69 Å². The lowest BCUT2D eigenvalue weighted by atomic mass is 9.80. The summed E-state index contributed by atoms with van der Waals surface area (Å²) in [4.78, 5) is 15.7. The second-order valence-electron chi connectivity index (χ2n) is 5.27. The van der Waals surface area contributed by atoms with Crippen LogP contribution in [0.2, 0.25) is 0 Å². The van der Waals surface area contributed by atoms with Gasteiger partial charge in [0.2, 0.25) is 0 Å². The van der Waals surface area contributed by atoms with Crippen LogP contribution in [-0.2, 0) is 0 Å². The number of rotatable bonds is 4. The third kappa shape index (κ3) is 2.78. The first-order chi connectivity index (χ1) is 10.1. The third-order valence-corrected chi connectivity index (χ3v) is 3.74. The Hall–Kier alpha value is -2.28. The van der Waals surface area contributed by atoms with E-state index >= 15 is 0 Å². The standard InChI is InChI=1S/C14H15FN4O2/c15-11-6-10(2-3-12(11)19-9-16-8-18-19)13(20)17-7-14(21)4-1-5-14/h2-3,6,8-9,21H,1,4-5,7H2,(H,17,20). The molecular formula is C14H15FN4O2. The van der Waals surface area contributed by atoms with Crippen molar-refractivity contribution >= 4 is 5.91 Å². The monoisotopic (exact) mass is 290 g/mol. The van der Waals surface area contributed by atoms with Gasteiger partial charge in [-0.25, -0.2) is 14.1 Å². The summed E-state index contributed by atoms with van der Waals surface area (Å²) in [5, 5.41) is 16.4. The first-order valence-electron chi connectivity index (χ1n) is 6.73. The van der Waals surface area contributed by atoms with E-state index in [0.717, 1.165) is 12.5 Å². The molecule has 0 aliphatic heterocycles. The molecule has 0 spiro atoms. The number of amides is 1. The zero-order chi connectivity index (χ0) is 14.9. The molecule has 1 amide bonds. The first-order valence-corrected chi connectivity index (χ1v) is 6.73. The Bertz CT molecular complexity index is 653. The number of benzene rings is 1. The van der Waals surface area contributed by atoms with Gasteiger partial charge >= 0.3 is 0 Å². The molecule has 7 heteroatoms. The minimum atomic E-state index is -0.797. The highest BCUT2D eigenvalue weighted by atomic mass is 19.1. The summed E-state index contributed by atoms with van der Waals surface area (Å²) in [6.45, 7) is 0.193. The number of nitrogens with zero attached hydrogens (tertiary/aromatic N) is 3. The van der Waals surface area contributed by atoms with Crippen molar-refractivity contribution in [3.05, 3.63) is 42.2 Å². The first kappa shape index (κ1) is 13.7. The van der Waals surface area contributed by atoms with Gasteiger partial charge in [-0.1, -0.05) is 0 Å². The largest absolute Gasteiger partial charge is 0.388 e. The van der Waals surface area contributed by atoms with Crippen LogP contribution in [-0.4, -0.2) is 37.9 Å². The Kier molecular flexibility index (Phi) is 3.42. The molecule has 0 unspecified atom stereocenters. The normalized spacial score (nSPS) is 16.3. The highest BCUT2D eigenvalue weighted by Crippen LogP contribution is 2.30. The van der Waals surface area contributed by atoms with Crippen molar-refractivity contribution < 1.29 is 14.3 Å². The lowest BCUT2D eigenvalue weighted by Gasteiger charge is -2.36. The summed E-state index contributed by atoms with van der Waals surface area (Å²) in [7, 11) is 0. The molecule has 1 aliphatic carbocycles. The molecular weight excluding hydrogens is 275 g/mol. The summed E-state index contributed by atoms with van der Waals surface area (Å²) >= 11 is 0. The summed E-state index contributed by atoms with van der Waals surface area (Å²) in [5.74, 6) is -0.963. The van der Waals surface area contributed by atoms with E-state index in [1.807, 2.05) is 0 Å². The van der Waals surface area contributed by atoms with Crippen LogP contribution >= 0.6 is 0 Å². The molecule has 1 aliphatic rings. The maximum absolute atomic E-state index is 14.0. The molecule has 0 atom stereocenters. The van der Waals surface area contributed by atoms with Crippen molar-refractivity contribution in [1.82, 2.24) is 20.1 Å². The lowest BCUT2D eigenvalue weighted by Crippen LogP contribution is -2.47. The number of carbonyl (C=O) groups is 1. The molecule has 2 N–H and O–H groups in total. The van der Waals surface area contributed by atoms with Crippen LogP contribution in [0.15, 0.2) is 30.9 Å². The third-order valence-electron chi connectivity index (χ3n) is 3.74. The van der Waals surface area contributed by atoms with Crippen molar-refractivity contribution in [3.8, 4) is 5.69 Å². The molecule has 6 nitrogen and oxygen atoms in total. The van der Waals surface area contributed by atoms with Crippen LogP contribution in [0.1, 0.15) is 29.6 Å². The van der Waals surface area contributed by atoms with Crippen LogP contribution in [0.4, 0.5) is 4.39 Å². The van der Waals surface area contributed by atoms with Crippen molar-refractivity contribution in [2.45, 2.75) is 24.9 Å². The number of hydrogen-bond donors (Lipinski definition) is 2. The fourth-order valence-corrected chi connectivity index (χ4v) is 2.28. The molecule has 0 bridgehead atoms. The fourth-order valence-electron chi connectivity index (χ4n) is 2.28. The van der Waals surface area contributed by atoms with E-state index in [0.29, 0.717) is 12.8 Å². The molecule has 1 aromatic carbocycles. The molecule has 21 heavy (non-hydrogen) atoms. The van der Waals surface area contributed by atoms with E-state index in [9.17, 15) is 14.3 Å². The summed E-state index contributed by atoms with van der Waals surface area (Å²) in [6, 6.07) is 4.13. The fraction of sp³-hybridized carbons (Fsp3) is 0.357. The molecule has 1 heterocycles. The summed E-state index contributed by atoms with van der Waals surface area (Å²) in [6.07, 6.45) is 5.02. The van der Waals surface area contributed by atoms with E-state index < -0.39 is 17.3 Å². The predicted octanol–water partition coefficient (Wildman–Crippen LogP) is 1.05. The van der Waals surface area contributed by atoms with Gasteiger partial charge < -0.3 is 10.4 Å². The average Bonchev–Trinajstić information content (AvgIpc) is 2.96. The minimum absolute atomic E-state index is 0.193. The highest BCUT2D eigenvalue weighted by molar-refractivity contribution is 5.94. The van der Waals surface area contributed by atoms with Crippen LogP contribution in [0.3, 0.4) is 0 Å². The molecule has 1 aromatic heterocycles. The number of aliphatic hydroxyl groups is 1. The van der Waals surface area contributed by atoms with Gasteiger partial charge in [-0.3, -0.25) is 4.79 Å². The maximum Gasteiger partial charge on any atom is 0.251 e. The molecule has 3 rings (SSSR count). The predicted molar refractivity (Wildman–Crippen MR) is 72.5 cm³/mol. The van der Waals surface area contributed by atoms with E-state index in [1.54, 1.807) is 0 Å². The van der Waals surface area contributed by atoms with Crippen molar-refractivity contribution in [2.24, 2.45) is 0 Å². The second kappa shape index (κ2) is 5.25. The van der Waals surface area contributed by atoms with E-state index in [2.05, 4.69) is 15.4 Å². The van der Waals surface area contributed by atoms with Crippen molar-refractivity contribution in [1.29, 1.82) is 0 Å². The summed E-state index contributed by atoms with van der Waals surface area (Å²) < 4.78 is 15.3. The van der Waals surface area contributed by atoms with Crippen molar-refractivity contribution in [2.75, 3.05) is 6.54 Å². The van der Waals surface area contributed by atoms with E-state index in [1.165, 1.54) is 29.5 Å². The Morgan fingerprint density at radius 1 is 1.48 bits per heavy atom. The molecule has 0 radical (unpaired) electrons.